The molecule has 0 saturated carbocycles. The monoisotopic (exact) mass is 334 g/mol. The third kappa shape index (κ3) is 16.4. The van der Waals surface area contributed by atoms with Crippen molar-refractivity contribution in [3.05, 3.63) is 48.6 Å². The summed E-state index contributed by atoms with van der Waals surface area (Å²) in [5, 5.41) is 18.2. The summed E-state index contributed by atoms with van der Waals surface area (Å²) in [7, 11) is 0. The Morgan fingerprint density at radius 2 is 1.62 bits per heavy atom. The minimum Gasteiger partial charge on any atom is -0.478 e. The third-order valence-electron chi connectivity index (χ3n) is 3.38. The van der Waals surface area contributed by atoms with Crippen LogP contribution in [0.2, 0.25) is 0 Å². The molecule has 0 radical (unpaired) electrons. The van der Waals surface area contributed by atoms with Gasteiger partial charge in [-0.1, -0.05) is 62.6 Å². The molecular formula is C20H30O4. The van der Waals surface area contributed by atoms with Gasteiger partial charge in [0.1, 0.15) is 0 Å². The minimum absolute atomic E-state index is 0.0903. The number of carbonyl (C=O) groups excluding carboxylic acids is 1. The van der Waals surface area contributed by atoms with Crippen LogP contribution in [0.4, 0.5) is 0 Å². The number of aliphatic hydroxyl groups is 1. The molecule has 134 valence electrons. The molecule has 0 aliphatic carbocycles. The van der Waals surface area contributed by atoms with Gasteiger partial charge in [-0.15, -0.1) is 0 Å². The van der Waals surface area contributed by atoms with Crippen LogP contribution in [-0.2, 0) is 9.59 Å². The van der Waals surface area contributed by atoms with Crippen LogP contribution in [0.15, 0.2) is 48.6 Å². The highest BCUT2D eigenvalue weighted by atomic mass is 16.4. The molecule has 0 aliphatic heterocycles. The van der Waals surface area contributed by atoms with Gasteiger partial charge in [0.2, 0.25) is 0 Å². The second kappa shape index (κ2) is 15.9. The number of carbonyl (C=O) groups is 2. The van der Waals surface area contributed by atoms with Crippen LogP contribution in [0.5, 0.6) is 0 Å². The smallest absolute Gasteiger partial charge is 0.327 e. The van der Waals surface area contributed by atoms with Crippen LogP contribution in [0, 0.1) is 0 Å². The van der Waals surface area contributed by atoms with Crippen molar-refractivity contribution in [1.82, 2.24) is 0 Å². The number of aliphatic carboxylic acids is 1. The fourth-order valence-corrected chi connectivity index (χ4v) is 2.06. The highest BCUT2D eigenvalue weighted by molar-refractivity contribution is 5.91. The summed E-state index contributed by atoms with van der Waals surface area (Å²) in [6.07, 6.45) is 19.9. The maximum Gasteiger partial charge on any atom is 0.327 e. The lowest BCUT2D eigenvalue weighted by Gasteiger charge is -2.08. The van der Waals surface area contributed by atoms with Crippen molar-refractivity contribution in [1.29, 1.82) is 0 Å². The first-order chi connectivity index (χ1) is 11.6. The molecule has 0 fully saturated rings. The number of aliphatic hydroxyl groups excluding tert-OH is 1. The normalized spacial score (nSPS) is 13.6. The average molecular weight is 334 g/mol. The van der Waals surface area contributed by atoms with E-state index in [1.807, 2.05) is 18.2 Å². The van der Waals surface area contributed by atoms with Crippen molar-refractivity contribution in [3.8, 4) is 0 Å². The molecule has 1 atom stereocenters. The number of rotatable bonds is 14. The van der Waals surface area contributed by atoms with Gasteiger partial charge in [-0.2, -0.15) is 0 Å². The van der Waals surface area contributed by atoms with Gasteiger partial charge in [-0.3, -0.25) is 4.79 Å². The maximum absolute atomic E-state index is 11.4. The van der Waals surface area contributed by atoms with E-state index in [1.54, 1.807) is 12.2 Å². The van der Waals surface area contributed by atoms with E-state index in [0.29, 0.717) is 0 Å². The molecule has 24 heavy (non-hydrogen) atoms. The first-order valence-corrected chi connectivity index (χ1v) is 8.66. The number of hydrogen-bond acceptors (Lipinski definition) is 3. The summed E-state index contributed by atoms with van der Waals surface area (Å²) in [4.78, 5) is 21.6. The molecular weight excluding hydrogens is 304 g/mol. The molecule has 2 N–H and O–H groups in total. The Labute approximate surface area is 145 Å². The number of unbranched alkanes of at least 4 members (excludes halogenated alkanes) is 3. The summed E-state index contributed by atoms with van der Waals surface area (Å²) in [5.41, 5.74) is 0. The van der Waals surface area contributed by atoms with Crippen LogP contribution in [0.1, 0.15) is 58.3 Å². The Morgan fingerprint density at radius 1 is 0.917 bits per heavy atom. The summed E-state index contributed by atoms with van der Waals surface area (Å²) >= 11 is 0. The van der Waals surface area contributed by atoms with E-state index >= 15 is 0 Å². The molecule has 0 aromatic carbocycles. The average Bonchev–Trinajstić information content (AvgIpc) is 2.53. The molecule has 4 nitrogen and oxygen atoms in total. The Morgan fingerprint density at radius 3 is 2.33 bits per heavy atom. The minimum atomic E-state index is -1.05. The predicted molar refractivity (Wildman–Crippen MR) is 97.8 cm³/mol. The molecule has 0 aliphatic rings. The molecule has 0 aromatic heterocycles. The predicted octanol–water partition coefficient (Wildman–Crippen LogP) is 4.37. The van der Waals surface area contributed by atoms with E-state index in [1.165, 1.54) is 25.0 Å². The van der Waals surface area contributed by atoms with Crippen molar-refractivity contribution in [3.63, 3.8) is 0 Å². The van der Waals surface area contributed by atoms with Gasteiger partial charge in [0, 0.05) is 12.5 Å². The Kier molecular flexibility index (Phi) is 14.6. The molecule has 0 rings (SSSR count). The highest BCUT2D eigenvalue weighted by Crippen LogP contribution is 2.09. The summed E-state index contributed by atoms with van der Waals surface area (Å²) < 4.78 is 0. The van der Waals surface area contributed by atoms with E-state index in [2.05, 4.69) is 6.92 Å². The molecule has 1 unspecified atom stereocenters. The van der Waals surface area contributed by atoms with Gasteiger partial charge >= 0.3 is 5.97 Å². The van der Waals surface area contributed by atoms with Gasteiger partial charge in [0.25, 0.3) is 0 Å². The van der Waals surface area contributed by atoms with Gasteiger partial charge in [0.15, 0.2) is 5.78 Å². The lowest BCUT2D eigenvalue weighted by atomic mass is 10.1. The Hall–Kier alpha value is -1.94. The SMILES string of the molecule is CCCCCC(O)CCCC=CC=CC=CC(=O)CC=CC(=O)O. The lowest BCUT2D eigenvalue weighted by molar-refractivity contribution is -0.131. The zero-order valence-electron chi connectivity index (χ0n) is 14.6. The zero-order valence-corrected chi connectivity index (χ0v) is 14.6. The maximum atomic E-state index is 11.4. The van der Waals surface area contributed by atoms with Crippen LogP contribution >= 0.6 is 0 Å². The van der Waals surface area contributed by atoms with E-state index in [0.717, 1.165) is 38.2 Å². The lowest BCUT2D eigenvalue weighted by Crippen LogP contribution is -2.05. The molecule has 4 heteroatoms. The standard InChI is InChI=1S/C20H30O4/c1-2-3-9-13-18(21)14-10-7-5-4-6-8-11-15-19(22)16-12-17-20(23)24/h4-6,8,11-12,15,17-18,21H,2-3,7,9-10,13-14,16H2,1H3,(H,23,24). The molecule has 0 heterocycles. The van der Waals surface area contributed by atoms with E-state index in [4.69, 9.17) is 5.11 Å². The van der Waals surface area contributed by atoms with Crippen molar-refractivity contribution in [2.24, 2.45) is 0 Å². The van der Waals surface area contributed by atoms with Crippen LogP contribution in [-0.4, -0.2) is 28.1 Å². The fraction of sp³-hybridized carbons (Fsp3) is 0.500. The zero-order chi connectivity index (χ0) is 18.0. The molecule has 0 spiro atoms. The van der Waals surface area contributed by atoms with Crippen molar-refractivity contribution < 1.29 is 19.8 Å². The number of ketones is 1. The first-order valence-electron chi connectivity index (χ1n) is 8.66. The van der Waals surface area contributed by atoms with E-state index < -0.39 is 5.97 Å². The Balaban J connectivity index is 3.72. The number of carboxylic acids is 1. The Bertz CT molecular complexity index is 458. The molecule has 0 saturated heterocycles. The fourth-order valence-electron chi connectivity index (χ4n) is 2.06. The van der Waals surface area contributed by atoms with Crippen LogP contribution in [0.25, 0.3) is 0 Å². The number of carboxylic acid groups (broad SMARTS) is 1. The molecule has 0 aromatic rings. The summed E-state index contributed by atoms with van der Waals surface area (Å²) in [5.74, 6) is -1.19. The second-order valence-corrected chi connectivity index (χ2v) is 5.66. The van der Waals surface area contributed by atoms with Crippen molar-refractivity contribution >= 4 is 11.8 Å². The number of hydrogen-bond donors (Lipinski definition) is 2. The van der Waals surface area contributed by atoms with Gasteiger partial charge in [-0.25, -0.2) is 4.79 Å². The van der Waals surface area contributed by atoms with Crippen LogP contribution in [0.3, 0.4) is 0 Å². The first kappa shape index (κ1) is 22.1. The van der Waals surface area contributed by atoms with Crippen molar-refractivity contribution in [2.75, 3.05) is 0 Å². The molecule has 0 amide bonds. The largest absolute Gasteiger partial charge is 0.478 e. The van der Waals surface area contributed by atoms with E-state index in [-0.39, 0.29) is 18.3 Å². The highest BCUT2D eigenvalue weighted by Gasteiger charge is 2.01. The molecule has 0 bridgehead atoms. The summed E-state index contributed by atoms with van der Waals surface area (Å²) in [6.45, 7) is 2.16. The van der Waals surface area contributed by atoms with Crippen LogP contribution < -0.4 is 0 Å². The topological polar surface area (TPSA) is 74.6 Å². The number of allylic oxidation sites excluding steroid dienone is 7. The second-order valence-electron chi connectivity index (χ2n) is 5.66. The van der Waals surface area contributed by atoms with Gasteiger partial charge in [-0.05, 0) is 31.8 Å². The summed E-state index contributed by atoms with van der Waals surface area (Å²) in [6, 6.07) is 0. The quantitative estimate of drug-likeness (QED) is 0.281. The van der Waals surface area contributed by atoms with Gasteiger partial charge < -0.3 is 10.2 Å². The third-order valence-corrected chi connectivity index (χ3v) is 3.38. The van der Waals surface area contributed by atoms with Gasteiger partial charge in [0.05, 0.1) is 6.10 Å². The van der Waals surface area contributed by atoms with E-state index in [9.17, 15) is 14.7 Å². The van der Waals surface area contributed by atoms with Crippen molar-refractivity contribution in [2.45, 2.75) is 64.4 Å².